The van der Waals surface area contributed by atoms with E-state index in [9.17, 15) is 4.79 Å². The van der Waals surface area contributed by atoms with E-state index in [2.05, 4.69) is 4.98 Å². The number of carbonyl (C=O) groups is 1. The van der Waals surface area contributed by atoms with E-state index in [1.165, 1.54) is 0 Å². The Morgan fingerprint density at radius 1 is 1.11 bits per heavy atom. The van der Waals surface area contributed by atoms with Crippen LogP contribution in [0, 0.1) is 6.92 Å². The molecule has 0 saturated carbocycles. The fourth-order valence-electron chi connectivity index (χ4n) is 1.58. The minimum absolute atomic E-state index is 0.292. The quantitative estimate of drug-likeness (QED) is 0.894. The number of hydrogen-bond acceptors (Lipinski definition) is 2. The molecule has 1 heterocycles. The molecule has 1 aromatic carbocycles. The van der Waals surface area contributed by atoms with Crippen molar-refractivity contribution in [2.75, 3.05) is 0 Å². The van der Waals surface area contributed by atoms with Gasteiger partial charge in [0.2, 0.25) is 0 Å². The summed E-state index contributed by atoms with van der Waals surface area (Å²) in [5, 5.41) is 8.79. The van der Waals surface area contributed by atoms with Gasteiger partial charge in [0, 0.05) is 5.69 Å². The molecular weight excluding hydrogens is 226 g/mol. The van der Waals surface area contributed by atoms with Gasteiger partial charge < -0.3 is 5.11 Å². The maximum Gasteiger partial charge on any atom is 0.335 e. The minimum Gasteiger partial charge on any atom is -0.478 e. The fraction of sp³-hybridized carbons (Fsp3) is 0.0667. The molecule has 0 aliphatic rings. The molecule has 1 N–H and O–H groups in total. The lowest BCUT2D eigenvalue weighted by Gasteiger charge is -1.97. The highest BCUT2D eigenvalue weighted by atomic mass is 16.4. The van der Waals surface area contributed by atoms with Crippen molar-refractivity contribution >= 4 is 18.1 Å². The van der Waals surface area contributed by atoms with Crippen LogP contribution in [0.25, 0.3) is 12.2 Å². The van der Waals surface area contributed by atoms with Crippen molar-refractivity contribution in [3.05, 3.63) is 65.0 Å². The van der Waals surface area contributed by atoms with E-state index in [-0.39, 0.29) is 0 Å². The number of aromatic carboxylic acids is 1. The summed E-state index contributed by atoms with van der Waals surface area (Å²) in [6, 6.07) is 12.5. The number of aryl methyl sites for hydroxylation is 1. The van der Waals surface area contributed by atoms with Crippen LogP contribution in [0.5, 0.6) is 0 Å². The van der Waals surface area contributed by atoms with Gasteiger partial charge in [-0.2, -0.15) is 0 Å². The van der Waals surface area contributed by atoms with Crippen molar-refractivity contribution in [3.63, 3.8) is 0 Å². The summed E-state index contributed by atoms with van der Waals surface area (Å²) in [6.07, 6.45) is 3.82. The van der Waals surface area contributed by atoms with Crippen molar-refractivity contribution in [3.8, 4) is 0 Å². The first-order valence-corrected chi connectivity index (χ1v) is 5.60. The van der Waals surface area contributed by atoms with Crippen molar-refractivity contribution in [1.82, 2.24) is 4.98 Å². The van der Waals surface area contributed by atoms with E-state index in [4.69, 9.17) is 5.11 Å². The third kappa shape index (κ3) is 3.04. The van der Waals surface area contributed by atoms with E-state index in [0.717, 1.165) is 17.0 Å². The SMILES string of the molecule is Cc1cccc(/C=C/c2ccc(C(=O)O)cc2)n1. The number of pyridine rings is 1. The van der Waals surface area contributed by atoms with Crippen LogP contribution in [-0.2, 0) is 0 Å². The average Bonchev–Trinajstić information content (AvgIpc) is 2.37. The van der Waals surface area contributed by atoms with Crippen molar-refractivity contribution in [2.45, 2.75) is 6.92 Å². The predicted molar refractivity (Wildman–Crippen MR) is 71.3 cm³/mol. The van der Waals surface area contributed by atoms with Gasteiger partial charge in [0.15, 0.2) is 0 Å². The summed E-state index contributed by atoms with van der Waals surface area (Å²) in [5.41, 5.74) is 3.10. The summed E-state index contributed by atoms with van der Waals surface area (Å²) >= 11 is 0. The number of aromatic nitrogens is 1. The first-order chi connectivity index (χ1) is 8.65. The molecule has 1 aromatic heterocycles. The Labute approximate surface area is 105 Å². The largest absolute Gasteiger partial charge is 0.478 e. The van der Waals surface area contributed by atoms with E-state index in [0.29, 0.717) is 5.56 Å². The summed E-state index contributed by atoms with van der Waals surface area (Å²) in [4.78, 5) is 15.1. The number of rotatable bonds is 3. The molecule has 0 atom stereocenters. The van der Waals surface area contributed by atoms with Gasteiger partial charge >= 0.3 is 5.97 Å². The molecule has 0 aliphatic carbocycles. The maximum absolute atomic E-state index is 10.7. The van der Waals surface area contributed by atoms with E-state index >= 15 is 0 Å². The zero-order valence-electron chi connectivity index (χ0n) is 10.00. The Morgan fingerprint density at radius 2 is 1.83 bits per heavy atom. The van der Waals surface area contributed by atoms with Gasteiger partial charge in [0.1, 0.15) is 0 Å². The normalized spacial score (nSPS) is 10.7. The molecule has 3 heteroatoms. The van der Waals surface area contributed by atoms with Gasteiger partial charge in [-0.1, -0.05) is 24.3 Å². The minimum atomic E-state index is -0.911. The maximum atomic E-state index is 10.7. The molecule has 0 amide bonds. The van der Waals surface area contributed by atoms with Crippen molar-refractivity contribution in [2.24, 2.45) is 0 Å². The molecular formula is C15H13NO2. The monoisotopic (exact) mass is 239 g/mol. The number of nitrogens with zero attached hydrogens (tertiary/aromatic N) is 1. The van der Waals surface area contributed by atoms with Gasteiger partial charge in [0.25, 0.3) is 0 Å². The highest BCUT2D eigenvalue weighted by Gasteiger charge is 1.99. The molecule has 90 valence electrons. The number of hydrogen-bond donors (Lipinski definition) is 1. The van der Waals surface area contributed by atoms with Crippen LogP contribution in [0.2, 0.25) is 0 Å². The molecule has 18 heavy (non-hydrogen) atoms. The number of benzene rings is 1. The smallest absolute Gasteiger partial charge is 0.335 e. The van der Waals surface area contributed by atoms with Crippen LogP contribution in [0.4, 0.5) is 0 Å². The fourth-order valence-corrected chi connectivity index (χ4v) is 1.58. The Hall–Kier alpha value is -2.42. The highest BCUT2D eigenvalue weighted by molar-refractivity contribution is 5.88. The van der Waals surface area contributed by atoms with Gasteiger partial charge in [-0.05, 0) is 42.8 Å². The van der Waals surface area contributed by atoms with E-state index in [1.807, 2.05) is 37.3 Å². The molecule has 2 aromatic rings. The zero-order chi connectivity index (χ0) is 13.0. The second kappa shape index (κ2) is 5.27. The zero-order valence-corrected chi connectivity index (χ0v) is 10.00. The second-order valence-corrected chi connectivity index (χ2v) is 3.96. The lowest BCUT2D eigenvalue weighted by molar-refractivity contribution is 0.0697. The summed E-state index contributed by atoms with van der Waals surface area (Å²) < 4.78 is 0. The predicted octanol–water partition coefficient (Wildman–Crippen LogP) is 3.26. The van der Waals surface area contributed by atoms with Crippen LogP contribution < -0.4 is 0 Å². The first kappa shape index (κ1) is 12.0. The van der Waals surface area contributed by atoms with Crippen LogP contribution >= 0.6 is 0 Å². The van der Waals surface area contributed by atoms with Gasteiger partial charge in [-0.25, -0.2) is 4.79 Å². The lowest BCUT2D eigenvalue weighted by Crippen LogP contribution is -1.94. The average molecular weight is 239 g/mol. The van der Waals surface area contributed by atoms with Crippen LogP contribution in [0.15, 0.2) is 42.5 Å². The molecule has 0 bridgehead atoms. The molecule has 0 saturated heterocycles. The van der Waals surface area contributed by atoms with Gasteiger partial charge in [0.05, 0.1) is 11.3 Å². The first-order valence-electron chi connectivity index (χ1n) is 5.60. The Bertz CT molecular complexity index is 586. The number of carboxylic acid groups (broad SMARTS) is 1. The standard InChI is InChI=1S/C15H13NO2/c1-11-3-2-4-14(16-11)10-7-12-5-8-13(9-6-12)15(17)18/h2-10H,1H3,(H,17,18)/b10-7+. The van der Waals surface area contributed by atoms with Gasteiger partial charge in [-0.15, -0.1) is 0 Å². The molecule has 0 radical (unpaired) electrons. The topological polar surface area (TPSA) is 50.2 Å². The van der Waals surface area contributed by atoms with Gasteiger partial charge in [-0.3, -0.25) is 4.98 Å². The highest BCUT2D eigenvalue weighted by Crippen LogP contribution is 2.09. The third-order valence-electron chi connectivity index (χ3n) is 2.51. The van der Waals surface area contributed by atoms with E-state index < -0.39 is 5.97 Å². The van der Waals surface area contributed by atoms with Crippen LogP contribution in [-0.4, -0.2) is 16.1 Å². The molecule has 0 spiro atoms. The molecule has 2 rings (SSSR count). The summed E-state index contributed by atoms with van der Waals surface area (Å²) in [7, 11) is 0. The third-order valence-corrected chi connectivity index (χ3v) is 2.51. The molecule has 0 fully saturated rings. The molecule has 3 nitrogen and oxygen atoms in total. The lowest BCUT2D eigenvalue weighted by atomic mass is 10.1. The summed E-state index contributed by atoms with van der Waals surface area (Å²) in [6.45, 7) is 1.94. The number of carboxylic acids is 1. The Kier molecular flexibility index (Phi) is 3.53. The van der Waals surface area contributed by atoms with Crippen LogP contribution in [0.1, 0.15) is 27.3 Å². The second-order valence-electron chi connectivity index (χ2n) is 3.96. The van der Waals surface area contributed by atoms with Crippen LogP contribution in [0.3, 0.4) is 0 Å². The van der Waals surface area contributed by atoms with Crippen molar-refractivity contribution < 1.29 is 9.90 Å². The Morgan fingerprint density at radius 3 is 2.44 bits per heavy atom. The summed E-state index contributed by atoms with van der Waals surface area (Å²) in [5.74, 6) is -0.911. The van der Waals surface area contributed by atoms with Crippen molar-refractivity contribution in [1.29, 1.82) is 0 Å². The molecule has 0 aliphatic heterocycles. The Balaban J connectivity index is 2.16. The molecule has 0 unspecified atom stereocenters. The van der Waals surface area contributed by atoms with E-state index in [1.54, 1.807) is 24.3 Å².